The van der Waals surface area contributed by atoms with E-state index in [1.54, 1.807) is 28.0 Å². The molecule has 27 heavy (non-hydrogen) atoms. The Morgan fingerprint density at radius 2 is 1.74 bits per heavy atom. The van der Waals surface area contributed by atoms with Crippen molar-refractivity contribution in [1.82, 2.24) is 9.21 Å². The summed E-state index contributed by atoms with van der Waals surface area (Å²) in [5.41, 5.74) is 1.72. The summed E-state index contributed by atoms with van der Waals surface area (Å²) in [7, 11) is -3.60. The molecule has 0 N–H and O–H groups in total. The lowest BCUT2D eigenvalue weighted by atomic mass is 10.0. The molecule has 0 spiro atoms. The number of benzene rings is 1. The van der Waals surface area contributed by atoms with Crippen LogP contribution in [0, 0.1) is 5.92 Å². The van der Waals surface area contributed by atoms with E-state index < -0.39 is 10.0 Å². The van der Waals surface area contributed by atoms with Gasteiger partial charge in [-0.05, 0) is 49.4 Å². The van der Waals surface area contributed by atoms with E-state index in [1.165, 1.54) is 11.2 Å². The van der Waals surface area contributed by atoms with Crippen molar-refractivity contribution in [1.29, 1.82) is 0 Å². The summed E-state index contributed by atoms with van der Waals surface area (Å²) in [6.07, 6.45) is 3.53. The molecule has 0 radical (unpaired) electrons. The van der Waals surface area contributed by atoms with Crippen LogP contribution in [-0.4, -0.2) is 62.2 Å². The van der Waals surface area contributed by atoms with Gasteiger partial charge in [-0.1, -0.05) is 0 Å². The standard InChI is InChI=1S/C19H25N3O4S/c1-14(23)22-8-2-3-16-13-17(6-7-18(16)22)27(25,26)21-11-9-20(10-12-21)19(24)15-4-5-15/h6-7,13,15H,2-5,8-12H2,1H3. The van der Waals surface area contributed by atoms with E-state index in [2.05, 4.69) is 0 Å². The first-order chi connectivity index (χ1) is 12.9. The van der Waals surface area contributed by atoms with Crippen LogP contribution in [0.25, 0.3) is 0 Å². The highest BCUT2D eigenvalue weighted by Gasteiger charge is 2.37. The van der Waals surface area contributed by atoms with Crippen LogP contribution in [0.2, 0.25) is 0 Å². The molecule has 1 saturated carbocycles. The average molecular weight is 391 g/mol. The van der Waals surface area contributed by atoms with Crippen molar-refractivity contribution in [2.45, 2.75) is 37.5 Å². The van der Waals surface area contributed by atoms with Gasteiger partial charge >= 0.3 is 0 Å². The largest absolute Gasteiger partial charge is 0.340 e. The first kappa shape index (κ1) is 18.4. The van der Waals surface area contributed by atoms with Gasteiger partial charge in [-0.15, -0.1) is 0 Å². The van der Waals surface area contributed by atoms with Crippen molar-refractivity contribution in [3.8, 4) is 0 Å². The number of fused-ring (bicyclic) bond motifs is 1. The van der Waals surface area contributed by atoms with E-state index in [4.69, 9.17) is 0 Å². The van der Waals surface area contributed by atoms with Crippen molar-refractivity contribution in [2.75, 3.05) is 37.6 Å². The maximum absolute atomic E-state index is 13.1. The monoisotopic (exact) mass is 391 g/mol. The normalized spacial score (nSPS) is 21.1. The number of hydrogen-bond acceptors (Lipinski definition) is 4. The quantitative estimate of drug-likeness (QED) is 0.776. The molecular weight excluding hydrogens is 366 g/mol. The third-order valence-corrected chi connectivity index (χ3v) is 7.56. The topological polar surface area (TPSA) is 78.0 Å². The SMILES string of the molecule is CC(=O)N1CCCc2cc(S(=O)(=O)N3CCN(C(=O)C4CC4)CC3)ccc21. The summed E-state index contributed by atoms with van der Waals surface area (Å²) < 4.78 is 27.6. The molecule has 1 aromatic carbocycles. The number of piperazine rings is 1. The van der Waals surface area contributed by atoms with Crippen molar-refractivity contribution in [3.63, 3.8) is 0 Å². The van der Waals surface area contributed by atoms with Crippen molar-refractivity contribution >= 4 is 27.5 Å². The van der Waals surface area contributed by atoms with Crippen molar-refractivity contribution < 1.29 is 18.0 Å². The number of nitrogens with zero attached hydrogens (tertiary/aromatic N) is 3. The highest BCUT2D eigenvalue weighted by molar-refractivity contribution is 7.89. The summed E-state index contributed by atoms with van der Waals surface area (Å²) >= 11 is 0. The van der Waals surface area contributed by atoms with Gasteiger partial charge in [0.05, 0.1) is 4.90 Å². The predicted molar refractivity (Wildman–Crippen MR) is 101 cm³/mol. The zero-order valence-corrected chi connectivity index (χ0v) is 16.4. The van der Waals surface area contributed by atoms with Crippen LogP contribution in [-0.2, 0) is 26.0 Å². The molecule has 3 aliphatic rings. The van der Waals surface area contributed by atoms with Crippen LogP contribution in [0.5, 0.6) is 0 Å². The molecule has 2 fully saturated rings. The molecule has 0 aromatic heterocycles. The average Bonchev–Trinajstić information content (AvgIpc) is 3.51. The lowest BCUT2D eigenvalue weighted by molar-refractivity contribution is -0.133. The number of carbonyl (C=O) groups is 2. The molecule has 4 rings (SSSR count). The highest BCUT2D eigenvalue weighted by Crippen LogP contribution is 2.33. The lowest BCUT2D eigenvalue weighted by Crippen LogP contribution is -2.50. The van der Waals surface area contributed by atoms with Crippen LogP contribution in [0.3, 0.4) is 0 Å². The Kier molecular flexibility index (Phi) is 4.71. The van der Waals surface area contributed by atoms with Crippen LogP contribution < -0.4 is 4.90 Å². The molecule has 146 valence electrons. The van der Waals surface area contributed by atoms with E-state index in [1.807, 2.05) is 0 Å². The Bertz CT molecular complexity index is 871. The molecule has 2 aliphatic heterocycles. The summed E-state index contributed by atoms with van der Waals surface area (Å²) in [6.45, 7) is 3.78. The van der Waals surface area contributed by atoms with Gasteiger partial charge in [-0.25, -0.2) is 8.42 Å². The maximum Gasteiger partial charge on any atom is 0.243 e. The minimum atomic E-state index is -3.60. The Morgan fingerprint density at radius 3 is 2.37 bits per heavy atom. The van der Waals surface area contributed by atoms with Gasteiger partial charge in [0.1, 0.15) is 0 Å². The van der Waals surface area contributed by atoms with Gasteiger partial charge in [0.2, 0.25) is 21.8 Å². The second kappa shape index (κ2) is 6.91. The fraction of sp³-hybridized carbons (Fsp3) is 0.579. The molecule has 1 aliphatic carbocycles. The third-order valence-electron chi connectivity index (χ3n) is 5.66. The molecule has 2 heterocycles. The van der Waals surface area contributed by atoms with Crippen molar-refractivity contribution in [3.05, 3.63) is 23.8 Å². The van der Waals surface area contributed by atoms with Crippen LogP contribution in [0.15, 0.2) is 23.1 Å². The minimum absolute atomic E-state index is 0.0250. The lowest BCUT2D eigenvalue weighted by Gasteiger charge is -2.34. The minimum Gasteiger partial charge on any atom is -0.340 e. The van der Waals surface area contributed by atoms with Crippen LogP contribution in [0.4, 0.5) is 5.69 Å². The van der Waals surface area contributed by atoms with Gasteiger partial charge in [-0.2, -0.15) is 4.31 Å². The first-order valence-electron chi connectivity index (χ1n) is 9.58. The fourth-order valence-corrected chi connectivity index (χ4v) is 5.42. The van der Waals surface area contributed by atoms with E-state index in [0.717, 1.165) is 36.9 Å². The summed E-state index contributed by atoms with van der Waals surface area (Å²) in [6, 6.07) is 5.05. The second-order valence-corrected chi connectivity index (χ2v) is 9.51. The predicted octanol–water partition coefficient (Wildman–Crippen LogP) is 1.23. The van der Waals surface area contributed by atoms with Gasteiger partial charge in [0.15, 0.2) is 0 Å². The van der Waals surface area contributed by atoms with Gasteiger partial charge in [0, 0.05) is 51.3 Å². The Balaban J connectivity index is 1.51. The van der Waals surface area contributed by atoms with Crippen LogP contribution in [0.1, 0.15) is 31.7 Å². The summed E-state index contributed by atoms with van der Waals surface area (Å²) in [4.78, 5) is 27.7. The zero-order valence-electron chi connectivity index (χ0n) is 15.6. The molecule has 7 nitrogen and oxygen atoms in total. The molecule has 0 atom stereocenters. The van der Waals surface area contributed by atoms with E-state index in [0.29, 0.717) is 32.7 Å². The maximum atomic E-state index is 13.1. The Hall–Kier alpha value is -1.93. The number of rotatable bonds is 3. The Morgan fingerprint density at radius 1 is 1.04 bits per heavy atom. The van der Waals surface area contributed by atoms with E-state index >= 15 is 0 Å². The van der Waals surface area contributed by atoms with Gasteiger partial charge in [0.25, 0.3) is 0 Å². The summed E-state index contributed by atoms with van der Waals surface area (Å²) in [5.74, 6) is 0.311. The fourth-order valence-electron chi connectivity index (χ4n) is 3.95. The number of sulfonamides is 1. The summed E-state index contributed by atoms with van der Waals surface area (Å²) in [5, 5.41) is 0. The highest BCUT2D eigenvalue weighted by atomic mass is 32.2. The molecule has 0 bridgehead atoms. The molecule has 0 unspecified atom stereocenters. The first-order valence-corrected chi connectivity index (χ1v) is 11.0. The second-order valence-electron chi connectivity index (χ2n) is 7.57. The van der Waals surface area contributed by atoms with Crippen molar-refractivity contribution in [2.24, 2.45) is 5.92 Å². The molecule has 8 heteroatoms. The number of aryl methyl sites for hydroxylation is 1. The smallest absolute Gasteiger partial charge is 0.243 e. The van der Waals surface area contributed by atoms with E-state index in [9.17, 15) is 18.0 Å². The molecule has 2 amide bonds. The number of carbonyl (C=O) groups excluding carboxylic acids is 2. The number of amides is 2. The number of hydrogen-bond donors (Lipinski definition) is 0. The van der Waals surface area contributed by atoms with Gasteiger partial charge < -0.3 is 9.80 Å². The number of anilines is 1. The third kappa shape index (κ3) is 3.48. The molecular formula is C19H25N3O4S. The van der Waals surface area contributed by atoms with Crippen LogP contribution >= 0.6 is 0 Å². The van der Waals surface area contributed by atoms with E-state index in [-0.39, 0.29) is 22.6 Å². The van der Waals surface area contributed by atoms with Gasteiger partial charge in [-0.3, -0.25) is 9.59 Å². The molecule has 1 aromatic rings. The Labute approximate surface area is 160 Å². The zero-order chi connectivity index (χ0) is 19.2. The molecule has 1 saturated heterocycles.